The van der Waals surface area contributed by atoms with Crippen molar-refractivity contribution in [3.05, 3.63) is 85.9 Å². The SMILES string of the molecule is COC(=O)C1=C(C(=O)OC)C2C(C)=C(C)C1P2c1ccccc1.[C-]#[O+].[C-]#[O+].[C-]#[O+].[C-]#[O+].[C-]#[O+].[W]. The number of hydrogen-bond donors (Lipinski definition) is 0. The number of hydrogen-bond acceptors (Lipinski definition) is 4. The molecule has 0 N–H and O–H groups in total. The molecule has 11 heteroatoms. The fraction of sp³-hybridized carbons (Fsp3) is 0.261. The molecule has 1 aromatic carbocycles. The van der Waals surface area contributed by atoms with Crippen LogP contribution in [0.2, 0.25) is 0 Å². The number of fused-ring (bicyclic) bond motifs is 2. The van der Waals surface area contributed by atoms with Crippen LogP contribution in [-0.2, 0) is 63.4 Å². The number of esters is 2. The zero-order valence-corrected chi connectivity index (χ0v) is 22.4. The van der Waals surface area contributed by atoms with Crippen LogP contribution < -0.4 is 5.30 Å². The monoisotopic (exact) mass is 654 g/mol. The topological polar surface area (TPSA) is 152 Å². The van der Waals surface area contributed by atoms with E-state index in [1.165, 1.54) is 30.7 Å². The van der Waals surface area contributed by atoms with Crippen LogP contribution in [0.15, 0.2) is 52.6 Å². The van der Waals surface area contributed by atoms with Crippen molar-refractivity contribution in [3.8, 4) is 0 Å². The van der Waals surface area contributed by atoms with Crippen molar-refractivity contribution in [2.75, 3.05) is 14.2 Å². The number of carbonyl (C=O) groups is 2. The third-order valence-corrected chi connectivity index (χ3v) is 8.00. The maximum Gasteiger partial charge on any atom is 0 e. The van der Waals surface area contributed by atoms with Crippen LogP contribution in [0.4, 0.5) is 0 Å². The molecule has 0 saturated heterocycles. The molecular weight excluding hydrogens is 635 g/mol. The molecular formula is C23H19O9PW. The number of carbonyl (C=O) groups excluding carboxylic acids is 2. The fourth-order valence-electron chi connectivity index (χ4n) is 3.56. The molecule has 0 fully saturated rings. The number of methoxy groups -OCH3 is 2. The van der Waals surface area contributed by atoms with Crippen molar-refractivity contribution >= 4 is 25.2 Å². The Morgan fingerprint density at radius 2 is 1.00 bits per heavy atom. The summed E-state index contributed by atoms with van der Waals surface area (Å²) in [6.45, 7) is 26.6. The van der Waals surface area contributed by atoms with Gasteiger partial charge in [-0.3, -0.25) is 0 Å². The molecule has 1 aromatic rings. The Labute approximate surface area is 213 Å². The molecule has 0 saturated carbocycles. The van der Waals surface area contributed by atoms with E-state index < -0.39 is 19.9 Å². The molecule has 0 amide bonds. The van der Waals surface area contributed by atoms with E-state index in [1.54, 1.807) is 0 Å². The summed E-state index contributed by atoms with van der Waals surface area (Å²) in [5.74, 6) is -0.846. The van der Waals surface area contributed by atoms with Gasteiger partial charge in [0.25, 0.3) is 0 Å². The second-order valence-electron chi connectivity index (χ2n) is 5.72. The van der Waals surface area contributed by atoms with Gasteiger partial charge in [0, 0.05) is 32.4 Å². The minimum Gasteiger partial charge on any atom is 0 e. The summed E-state index contributed by atoms with van der Waals surface area (Å²) in [4.78, 5) is 24.7. The number of rotatable bonds is 3. The van der Waals surface area contributed by atoms with Crippen LogP contribution in [0.1, 0.15) is 13.8 Å². The van der Waals surface area contributed by atoms with E-state index in [0.29, 0.717) is 11.1 Å². The van der Waals surface area contributed by atoms with Gasteiger partial charge in [-0.05, 0) is 19.2 Å². The summed E-state index contributed by atoms with van der Waals surface area (Å²) in [5, 5.41) is 1.19. The summed E-state index contributed by atoms with van der Waals surface area (Å²) in [7, 11) is 1.97. The normalized spacial score (nSPS) is 17.8. The van der Waals surface area contributed by atoms with Crippen LogP contribution in [0.25, 0.3) is 0 Å². The first-order valence-electron chi connectivity index (χ1n) is 8.46. The molecule has 2 aliphatic rings. The minimum absolute atomic E-state index is 0. The van der Waals surface area contributed by atoms with Gasteiger partial charge in [0.15, 0.2) is 0 Å². The van der Waals surface area contributed by atoms with Gasteiger partial charge in [-0.1, -0.05) is 49.4 Å². The van der Waals surface area contributed by atoms with Gasteiger partial charge in [-0.15, -0.1) is 0 Å². The second-order valence-corrected chi connectivity index (χ2v) is 8.09. The largest absolute Gasteiger partial charge is 0 e. The number of benzene rings is 1. The zero-order valence-electron chi connectivity index (χ0n) is 18.6. The van der Waals surface area contributed by atoms with Gasteiger partial charge < -0.3 is 9.47 Å². The van der Waals surface area contributed by atoms with Gasteiger partial charge in [-0.2, -0.15) is 0 Å². The molecule has 9 nitrogen and oxygen atoms in total. The van der Waals surface area contributed by atoms with Crippen molar-refractivity contribution in [2.45, 2.75) is 25.2 Å². The van der Waals surface area contributed by atoms with Gasteiger partial charge in [0.2, 0.25) is 0 Å². The summed E-state index contributed by atoms with van der Waals surface area (Å²) in [6, 6.07) is 10.1. The number of allylic oxidation sites excluding steroid dienone is 2. The van der Waals surface area contributed by atoms with Gasteiger partial charge in [-0.25, -0.2) is 9.59 Å². The Morgan fingerprint density at radius 1 is 0.706 bits per heavy atom. The molecule has 0 radical (unpaired) electrons. The Balaban J connectivity index is -0.000000364. The van der Waals surface area contributed by atoms with E-state index in [2.05, 4.69) is 59.2 Å². The first-order valence-corrected chi connectivity index (χ1v) is 9.94. The van der Waals surface area contributed by atoms with Crippen molar-refractivity contribution in [3.63, 3.8) is 0 Å². The summed E-state index contributed by atoms with van der Waals surface area (Å²) >= 11 is 0. The maximum absolute atomic E-state index is 12.4. The average molecular weight is 654 g/mol. The van der Waals surface area contributed by atoms with E-state index in [-0.39, 0.29) is 32.4 Å². The van der Waals surface area contributed by atoms with Gasteiger partial charge in [0.05, 0.1) is 25.4 Å². The molecule has 176 valence electrons. The molecule has 2 heterocycles. The van der Waals surface area contributed by atoms with Crippen molar-refractivity contribution < 1.29 is 63.4 Å². The molecule has 2 unspecified atom stereocenters. The number of ether oxygens (including phenoxy) is 2. The molecule has 0 aliphatic carbocycles. The first kappa shape index (κ1) is 38.7. The van der Waals surface area contributed by atoms with Crippen LogP contribution in [0.5, 0.6) is 0 Å². The average Bonchev–Trinajstić information content (AvgIpc) is 3.40. The molecule has 34 heavy (non-hydrogen) atoms. The van der Waals surface area contributed by atoms with E-state index in [0.717, 1.165) is 0 Å². The Bertz CT molecular complexity index is 879. The van der Waals surface area contributed by atoms with E-state index >= 15 is 0 Å². The molecule has 3 rings (SSSR count). The van der Waals surface area contributed by atoms with E-state index in [4.69, 9.17) is 32.7 Å². The minimum atomic E-state index is -0.735. The van der Waals surface area contributed by atoms with E-state index in [1.807, 2.05) is 18.2 Å². The third kappa shape index (κ3) is 8.35. The van der Waals surface area contributed by atoms with Crippen molar-refractivity contribution in [1.82, 2.24) is 0 Å². The van der Waals surface area contributed by atoms with Gasteiger partial charge >= 0.3 is 68.5 Å². The zero-order chi connectivity index (χ0) is 26.7. The molecule has 2 atom stereocenters. The van der Waals surface area contributed by atoms with Crippen LogP contribution in [0.3, 0.4) is 0 Å². The fourth-order valence-corrected chi connectivity index (χ4v) is 7.26. The Hall–Kier alpha value is -2.54. The van der Waals surface area contributed by atoms with Crippen LogP contribution in [0, 0.1) is 33.3 Å². The Kier molecular flexibility index (Phi) is 25.3. The molecule has 2 aliphatic heterocycles. The van der Waals surface area contributed by atoms with Gasteiger partial charge in [0.1, 0.15) is 0 Å². The predicted molar refractivity (Wildman–Crippen MR) is 110 cm³/mol. The maximum atomic E-state index is 12.4. The quantitative estimate of drug-likeness (QED) is 0.162. The molecule has 0 spiro atoms. The van der Waals surface area contributed by atoms with Crippen LogP contribution >= 0.6 is 7.92 Å². The smallest absolute Gasteiger partial charge is 0 e. The van der Waals surface area contributed by atoms with E-state index in [9.17, 15) is 9.59 Å². The molecule has 2 bridgehead atoms. The Morgan fingerprint density at radius 3 is 1.26 bits per heavy atom. The second kappa shape index (κ2) is 22.3. The predicted octanol–water partition coefficient (Wildman–Crippen LogP) is 2.35. The van der Waals surface area contributed by atoms with Crippen molar-refractivity contribution in [2.24, 2.45) is 0 Å². The van der Waals surface area contributed by atoms with Crippen molar-refractivity contribution in [1.29, 1.82) is 0 Å². The summed E-state index contributed by atoms with van der Waals surface area (Å²) in [5.41, 5.74) is 3.22. The van der Waals surface area contributed by atoms with Crippen LogP contribution in [-0.4, -0.2) is 37.5 Å². The summed E-state index contributed by atoms with van der Waals surface area (Å²) < 4.78 is 47.4. The third-order valence-electron chi connectivity index (χ3n) is 4.70. The first-order chi connectivity index (χ1) is 16.0. The summed E-state index contributed by atoms with van der Waals surface area (Å²) in [6.07, 6.45) is 0. The standard InChI is InChI=1S/C18H19O4P.5CO.W/c1-10-11(2)16-14(18(20)22-4)13(17(19)21-3)15(10)23(16)12-8-6-5-7-9-12;5*1-2;/h5-9,15-16H,1-4H3;;;;;;. The molecule has 0 aromatic heterocycles.